The average molecular weight is 292 g/mol. The van der Waals surface area contributed by atoms with E-state index in [1.54, 1.807) is 12.1 Å². The average Bonchev–Trinajstić information content (AvgIpc) is 3.04. The standard InChI is InChI=1S/C14H14ClN3O2/c1-2-10-7-13(18-17-10)16-14(19)12-6-8-5-9(15)3-4-11(8)20-12/h3-5,7,12H,2,6H2,1H3,(H2,16,17,18,19). The highest BCUT2D eigenvalue weighted by Gasteiger charge is 2.29. The fourth-order valence-corrected chi connectivity index (χ4v) is 2.37. The van der Waals surface area contributed by atoms with Gasteiger partial charge in [0.2, 0.25) is 0 Å². The van der Waals surface area contributed by atoms with Gasteiger partial charge in [-0.15, -0.1) is 0 Å². The van der Waals surface area contributed by atoms with Crippen LogP contribution < -0.4 is 10.1 Å². The lowest BCUT2D eigenvalue weighted by molar-refractivity contribution is -0.122. The fraction of sp³-hybridized carbons (Fsp3) is 0.286. The summed E-state index contributed by atoms with van der Waals surface area (Å²) < 4.78 is 5.62. The van der Waals surface area contributed by atoms with Gasteiger partial charge in [0, 0.05) is 23.2 Å². The molecule has 2 heterocycles. The highest BCUT2D eigenvalue weighted by atomic mass is 35.5. The number of benzene rings is 1. The Labute approximate surface area is 121 Å². The zero-order valence-corrected chi connectivity index (χ0v) is 11.7. The van der Waals surface area contributed by atoms with Crippen molar-refractivity contribution in [2.45, 2.75) is 25.9 Å². The van der Waals surface area contributed by atoms with Crippen LogP contribution in [-0.2, 0) is 17.6 Å². The number of aromatic amines is 1. The van der Waals surface area contributed by atoms with Crippen molar-refractivity contribution in [2.75, 3.05) is 5.32 Å². The summed E-state index contributed by atoms with van der Waals surface area (Å²) >= 11 is 5.93. The summed E-state index contributed by atoms with van der Waals surface area (Å²) in [7, 11) is 0. The number of carbonyl (C=O) groups excluding carboxylic acids is 1. The third-order valence-corrected chi connectivity index (χ3v) is 3.49. The van der Waals surface area contributed by atoms with E-state index in [4.69, 9.17) is 16.3 Å². The van der Waals surface area contributed by atoms with Gasteiger partial charge in [-0.25, -0.2) is 0 Å². The predicted molar refractivity (Wildman–Crippen MR) is 76.2 cm³/mol. The Kier molecular flexibility index (Phi) is 3.36. The van der Waals surface area contributed by atoms with E-state index in [9.17, 15) is 4.79 Å². The maximum atomic E-state index is 12.1. The van der Waals surface area contributed by atoms with Crippen LogP contribution in [0.2, 0.25) is 5.02 Å². The summed E-state index contributed by atoms with van der Waals surface area (Å²) in [5, 5.41) is 10.3. The monoisotopic (exact) mass is 291 g/mol. The van der Waals surface area contributed by atoms with Crippen LogP contribution in [-0.4, -0.2) is 22.2 Å². The van der Waals surface area contributed by atoms with Crippen LogP contribution in [0.15, 0.2) is 24.3 Å². The lowest BCUT2D eigenvalue weighted by atomic mass is 10.1. The van der Waals surface area contributed by atoms with Crippen LogP contribution in [0, 0.1) is 0 Å². The predicted octanol–water partition coefficient (Wildman–Crippen LogP) is 2.57. The molecule has 2 aromatic rings. The van der Waals surface area contributed by atoms with Crippen LogP contribution in [0.1, 0.15) is 18.2 Å². The Bertz CT molecular complexity index is 654. The largest absolute Gasteiger partial charge is 0.480 e. The first-order valence-corrected chi connectivity index (χ1v) is 6.83. The first-order chi connectivity index (χ1) is 9.65. The molecular weight excluding hydrogens is 278 g/mol. The number of hydrogen-bond donors (Lipinski definition) is 2. The molecule has 0 aliphatic carbocycles. The summed E-state index contributed by atoms with van der Waals surface area (Å²) in [4.78, 5) is 12.1. The molecule has 2 N–H and O–H groups in total. The van der Waals surface area contributed by atoms with E-state index in [1.165, 1.54) is 0 Å². The van der Waals surface area contributed by atoms with E-state index in [0.29, 0.717) is 23.0 Å². The van der Waals surface area contributed by atoms with E-state index in [1.807, 2.05) is 19.1 Å². The molecule has 6 heteroatoms. The second-order valence-corrected chi connectivity index (χ2v) is 5.12. The lowest BCUT2D eigenvalue weighted by Gasteiger charge is -2.09. The van der Waals surface area contributed by atoms with Crippen LogP contribution >= 0.6 is 11.6 Å². The van der Waals surface area contributed by atoms with E-state index >= 15 is 0 Å². The Morgan fingerprint density at radius 3 is 3.15 bits per heavy atom. The SMILES string of the molecule is CCc1cc(NC(=O)C2Cc3cc(Cl)ccc3O2)n[nH]1. The van der Waals surface area contributed by atoms with Crippen molar-refractivity contribution >= 4 is 23.3 Å². The highest BCUT2D eigenvalue weighted by molar-refractivity contribution is 6.30. The number of ether oxygens (including phenoxy) is 1. The van der Waals surface area contributed by atoms with E-state index in [0.717, 1.165) is 17.7 Å². The number of H-pyrrole nitrogens is 1. The third kappa shape index (κ3) is 2.49. The number of carbonyl (C=O) groups is 1. The molecule has 0 fully saturated rings. The number of hydrogen-bond acceptors (Lipinski definition) is 3. The van der Waals surface area contributed by atoms with Gasteiger partial charge >= 0.3 is 0 Å². The van der Waals surface area contributed by atoms with Gasteiger partial charge in [-0.3, -0.25) is 9.89 Å². The number of rotatable bonds is 3. The number of aromatic nitrogens is 2. The van der Waals surface area contributed by atoms with Crippen molar-refractivity contribution < 1.29 is 9.53 Å². The Morgan fingerprint density at radius 2 is 2.40 bits per heavy atom. The van der Waals surface area contributed by atoms with E-state index < -0.39 is 6.10 Å². The molecule has 104 valence electrons. The summed E-state index contributed by atoms with van der Waals surface area (Å²) in [6, 6.07) is 7.18. The Hall–Kier alpha value is -2.01. The van der Waals surface area contributed by atoms with Gasteiger partial charge in [0.1, 0.15) is 5.75 Å². The second kappa shape index (κ2) is 5.17. The van der Waals surface area contributed by atoms with Crippen molar-refractivity contribution in [1.82, 2.24) is 10.2 Å². The van der Waals surface area contributed by atoms with Crippen LogP contribution in [0.4, 0.5) is 5.82 Å². The normalized spacial score (nSPS) is 16.6. The van der Waals surface area contributed by atoms with Gasteiger partial charge in [0.15, 0.2) is 11.9 Å². The molecule has 1 aromatic carbocycles. The van der Waals surface area contributed by atoms with Gasteiger partial charge in [-0.2, -0.15) is 5.10 Å². The van der Waals surface area contributed by atoms with Crippen LogP contribution in [0.25, 0.3) is 0 Å². The van der Waals surface area contributed by atoms with Crippen molar-refractivity contribution in [3.05, 3.63) is 40.5 Å². The number of anilines is 1. The van der Waals surface area contributed by atoms with Gasteiger partial charge in [0.25, 0.3) is 5.91 Å². The van der Waals surface area contributed by atoms with Crippen LogP contribution in [0.3, 0.4) is 0 Å². The first-order valence-electron chi connectivity index (χ1n) is 6.46. The zero-order valence-electron chi connectivity index (χ0n) is 10.9. The summed E-state index contributed by atoms with van der Waals surface area (Å²) in [5.74, 6) is 1.03. The third-order valence-electron chi connectivity index (χ3n) is 3.25. The number of fused-ring (bicyclic) bond motifs is 1. The number of aryl methyl sites for hydroxylation is 1. The van der Waals surface area contributed by atoms with Gasteiger partial charge in [-0.1, -0.05) is 18.5 Å². The molecule has 1 atom stereocenters. The molecule has 3 rings (SSSR count). The zero-order chi connectivity index (χ0) is 14.1. The number of nitrogens with zero attached hydrogens (tertiary/aromatic N) is 1. The Morgan fingerprint density at radius 1 is 1.55 bits per heavy atom. The van der Waals surface area contributed by atoms with Crippen molar-refractivity contribution in [2.24, 2.45) is 0 Å². The molecule has 0 radical (unpaired) electrons. The summed E-state index contributed by atoms with van der Waals surface area (Å²) in [5.41, 5.74) is 1.93. The highest BCUT2D eigenvalue weighted by Crippen LogP contribution is 2.31. The smallest absolute Gasteiger partial charge is 0.266 e. The molecule has 0 spiro atoms. The van der Waals surface area contributed by atoms with E-state index in [-0.39, 0.29) is 5.91 Å². The molecule has 0 bridgehead atoms. The van der Waals surface area contributed by atoms with E-state index in [2.05, 4.69) is 15.5 Å². The van der Waals surface area contributed by atoms with Crippen molar-refractivity contribution in [3.8, 4) is 5.75 Å². The molecule has 1 unspecified atom stereocenters. The minimum Gasteiger partial charge on any atom is -0.480 e. The number of halogens is 1. The molecule has 1 amide bonds. The second-order valence-electron chi connectivity index (χ2n) is 4.68. The van der Waals surface area contributed by atoms with Crippen molar-refractivity contribution in [1.29, 1.82) is 0 Å². The summed E-state index contributed by atoms with van der Waals surface area (Å²) in [6.07, 6.45) is 0.824. The maximum absolute atomic E-state index is 12.1. The molecular formula is C14H14ClN3O2. The minimum absolute atomic E-state index is 0.202. The molecule has 1 aliphatic heterocycles. The number of nitrogens with one attached hydrogen (secondary N) is 2. The fourth-order valence-electron chi connectivity index (χ4n) is 2.18. The molecule has 1 aromatic heterocycles. The molecule has 1 aliphatic rings. The Balaban J connectivity index is 1.68. The quantitative estimate of drug-likeness (QED) is 0.913. The molecule has 0 saturated carbocycles. The molecule has 0 saturated heterocycles. The maximum Gasteiger partial charge on any atom is 0.266 e. The number of amides is 1. The lowest BCUT2D eigenvalue weighted by Crippen LogP contribution is -2.31. The van der Waals surface area contributed by atoms with Crippen molar-refractivity contribution in [3.63, 3.8) is 0 Å². The first kappa shape index (κ1) is 13.0. The van der Waals surface area contributed by atoms with Gasteiger partial charge in [-0.05, 0) is 30.2 Å². The minimum atomic E-state index is -0.537. The molecule has 20 heavy (non-hydrogen) atoms. The summed E-state index contributed by atoms with van der Waals surface area (Å²) in [6.45, 7) is 2.01. The van der Waals surface area contributed by atoms with Crippen LogP contribution in [0.5, 0.6) is 5.75 Å². The van der Waals surface area contributed by atoms with Gasteiger partial charge < -0.3 is 10.1 Å². The molecule has 5 nitrogen and oxygen atoms in total. The topological polar surface area (TPSA) is 67.0 Å². The van der Waals surface area contributed by atoms with Gasteiger partial charge in [0.05, 0.1) is 0 Å².